The van der Waals surface area contributed by atoms with Gasteiger partial charge >= 0.3 is 6.03 Å². The largest absolute Gasteiger partial charge is 0.493 e. The van der Waals surface area contributed by atoms with E-state index in [0.29, 0.717) is 13.1 Å². The number of carbonyl (C=O) groups excluding carboxylic acids is 1. The fourth-order valence-corrected chi connectivity index (χ4v) is 6.04. The Hall–Kier alpha value is -4.83. The fourth-order valence-electron chi connectivity index (χ4n) is 6.04. The van der Waals surface area contributed by atoms with E-state index in [-0.39, 0.29) is 11.8 Å². The van der Waals surface area contributed by atoms with Crippen molar-refractivity contribution in [1.82, 2.24) is 15.2 Å². The van der Waals surface area contributed by atoms with Crippen molar-refractivity contribution in [2.75, 3.05) is 62.1 Å². The average molecular weight is 611 g/mol. The minimum Gasteiger partial charge on any atom is -0.493 e. The van der Waals surface area contributed by atoms with Gasteiger partial charge in [0.05, 0.1) is 14.2 Å². The Labute approximate surface area is 263 Å². The average Bonchev–Trinajstić information content (AvgIpc) is 3.08. The van der Waals surface area contributed by atoms with Gasteiger partial charge in [-0.3, -0.25) is 4.90 Å². The van der Waals surface area contributed by atoms with Crippen molar-refractivity contribution in [2.45, 2.75) is 26.1 Å². The molecule has 0 atom stereocenters. The maximum absolute atomic E-state index is 13.3. The molecule has 0 saturated carbocycles. The number of ether oxygens (including phenoxy) is 2. The minimum atomic E-state index is -0.255. The SMILES string of the molecule is COc1cc2c(cc1OC)CN(Cc1ccccc1NC(=O)NCc1ccnc(N3CCN(c4ccc(F)cc4)CC3)c1)CC2. The van der Waals surface area contributed by atoms with Crippen LogP contribution in [0.15, 0.2) is 79.0 Å². The quantitative estimate of drug-likeness (QED) is 0.261. The number of hydrogen-bond donors (Lipinski definition) is 2. The summed E-state index contributed by atoms with van der Waals surface area (Å²) in [6.45, 7) is 6.07. The molecule has 2 amide bonds. The molecule has 1 saturated heterocycles. The summed E-state index contributed by atoms with van der Waals surface area (Å²) in [5, 5.41) is 6.06. The molecular formula is C35H39FN6O3. The van der Waals surface area contributed by atoms with E-state index in [1.165, 1.54) is 23.3 Å². The molecule has 10 heteroatoms. The zero-order valence-corrected chi connectivity index (χ0v) is 25.8. The first-order chi connectivity index (χ1) is 22.0. The number of benzene rings is 3. The number of piperazine rings is 1. The summed E-state index contributed by atoms with van der Waals surface area (Å²) in [7, 11) is 3.32. The van der Waals surface area contributed by atoms with Gasteiger partial charge in [-0.1, -0.05) is 18.2 Å². The molecule has 2 aliphatic heterocycles. The lowest BCUT2D eigenvalue weighted by Gasteiger charge is -2.36. The molecule has 6 rings (SSSR count). The summed E-state index contributed by atoms with van der Waals surface area (Å²) in [5.74, 6) is 2.16. The maximum Gasteiger partial charge on any atom is 0.319 e. The van der Waals surface area contributed by atoms with E-state index < -0.39 is 0 Å². The number of urea groups is 1. The Morgan fingerprint density at radius 3 is 2.33 bits per heavy atom. The number of hydrogen-bond acceptors (Lipinski definition) is 7. The number of aromatic nitrogens is 1. The first kappa shape index (κ1) is 30.2. The fraction of sp³-hybridized carbons (Fsp3) is 0.314. The van der Waals surface area contributed by atoms with Gasteiger partial charge in [0.1, 0.15) is 11.6 Å². The number of fused-ring (bicyclic) bond motifs is 1. The highest BCUT2D eigenvalue weighted by Gasteiger charge is 2.21. The van der Waals surface area contributed by atoms with Gasteiger partial charge in [-0.2, -0.15) is 0 Å². The van der Waals surface area contributed by atoms with Crippen LogP contribution in [-0.2, 0) is 26.1 Å². The Kier molecular flexibility index (Phi) is 9.30. The monoisotopic (exact) mass is 610 g/mol. The molecule has 0 unspecified atom stereocenters. The lowest BCUT2D eigenvalue weighted by molar-refractivity contribution is 0.244. The Balaban J connectivity index is 1.02. The number of halogens is 1. The van der Waals surface area contributed by atoms with Crippen LogP contribution in [0.5, 0.6) is 11.5 Å². The molecule has 0 bridgehead atoms. The van der Waals surface area contributed by atoms with Crippen LogP contribution in [0, 0.1) is 5.82 Å². The van der Waals surface area contributed by atoms with Gasteiger partial charge in [0.2, 0.25) is 0 Å². The second kappa shape index (κ2) is 13.9. The molecule has 0 aliphatic carbocycles. The molecular weight excluding hydrogens is 571 g/mol. The van der Waals surface area contributed by atoms with Gasteiger partial charge in [-0.05, 0) is 83.3 Å². The highest BCUT2D eigenvalue weighted by molar-refractivity contribution is 5.90. The first-order valence-corrected chi connectivity index (χ1v) is 15.3. The number of nitrogens with zero attached hydrogens (tertiary/aromatic N) is 4. The van der Waals surface area contributed by atoms with Gasteiger partial charge in [-0.25, -0.2) is 14.2 Å². The third-order valence-electron chi connectivity index (χ3n) is 8.52. The zero-order valence-electron chi connectivity index (χ0n) is 25.8. The predicted octanol–water partition coefficient (Wildman–Crippen LogP) is 5.44. The van der Waals surface area contributed by atoms with Gasteiger partial charge in [0.25, 0.3) is 0 Å². The van der Waals surface area contributed by atoms with E-state index in [2.05, 4.69) is 48.5 Å². The number of rotatable bonds is 9. The molecule has 2 aliphatic rings. The molecule has 2 N–H and O–H groups in total. The summed E-state index contributed by atoms with van der Waals surface area (Å²) in [4.78, 5) is 24.4. The maximum atomic E-state index is 13.3. The summed E-state index contributed by atoms with van der Waals surface area (Å²) < 4.78 is 24.3. The lowest BCUT2D eigenvalue weighted by atomic mass is 9.98. The highest BCUT2D eigenvalue weighted by atomic mass is 19.1. The predicted molar refractivity (Wildman–Crippen MR) is 175 cm³/mol. The minimum absolute atomic E-state index is 0.225. The third kappa shape index (κ3) is 7.29. The van der Waals surface area contributed by atoms with Gasteiger partial charge in [0, 0.05) is 69.9 Å². The molecule has 1 aromatic heterocycles. The van der Waals surface area contributed by atoms with Crippen LogP contribution >= 0.6 is 0 Å². The van der Waals surface area contributed by atoms with Gasteiger partial charge in [-0.15, -0.1) is 0 Å². The van der Waals surface area contributed by atoms with Crippen molar-refractivity contribution in [3.05, 3.63) is 107 Å². The van der Waals surface area contributed by atoms with Crippen molar-refractivity contribution in [1.29, 1.82) is 0 Å². The number of para-hydroxylation sites is 1. The van der Waals surface area contributed by atoms with Gasteiger partial charge < -0.3 is 29.9 Å². The van der Waals surface area contributed by atoms with E-state index in [4.69, 9.17) is 9.47 Å². The topological polar surface area (TPSA) is 82.2 Å². The van der Waals surface area contributed by atoms with Crippen LogP contribution in [0.3, 0.4) is 0 Å². The van der Waals surface area contributed by atoms with E-state index in [0.717, 1.165) is 85.5 Å². The highest BCUT2D eigenvalue weighted by Crippen LogP contribution is 2.34. The van der Waals surface area contributed by atoms with Crippen molar-refractivity contribution in [3.8, 4) is 11.5 Å². The summed E-state index contributed by atoms with van der Waals surface area (Å²) in [6, 6.07) is 22.4. The molecule has 0 radical (unpaired) electrons. The van der Waals surface area contributed by atoms with Crippen LogP contribution in [0.25, 0.3) is 0 Å². The number of pyridine rings is 1. The number of methoxy groups -OCH3 is 2. The third-order valence-corrected chi connectivity index (χ3v) is 8.52. The second-order valence-electron chi connectivity index (χ2n) is 11.4. The Morgan fingerprint density at radius 2 is 1.58 bits per heavy atom. The molecule has 3 aromatic carbocycles. The van der Waals surface area contributed by atoms with Gasteiger partial charge in [0.15, 0.2) is 11.5 Å². The Morgan fingerprint density at radius 1 is 0.867 bits per heavy atom. The molecule has 1 fully saturated rings. The number of carbonyl (C=O) groups is 1. The molecule has 234 valence electrons. The number of anilines is 3. The van der Waals surface area contributed by atoms with Crippen molar-refractivity contribution in [2.24, 2.45) is 0 Å². The van der Waals surface area contributed by atoms with Crippen LogP contribution in [0.2, 0.25) is 0 Å². The normalized spacial score (nSPS) is 14.9. The summed E-state index contributed by atoms with van der Waals surface area (Å²) >= 11 is 0. The van der Waals surface area contributed by atoms with E-state index in [9.17, 15) is 9.18 Å². The summed E-state index contributed by atoms with van der Waals surface area (Å²) in [5.41, 5.74) is 6.36. The van der Waals surface area contributed by atoms with Crippen LogP contribution < -0.4 is 29.9 Å². The second-order valence-corrected chi connectivity index (χ2v) is 11.4. The lowest BCUT2D eigenvalue weighted by Crippen LogP contribution is -2.46. The van der Waals surface area contributed by atoms with Crippen molar-refractivity contribution >= 4 is 23.2 Å². The van der Waals surface area contributed by atoms with Crippen LogP contribution in [0.4, 0.5) is 26.4 Å². The summed E-state index contributed by atoms with van der Waals surface area (Å²) in [6.07, 6.45) is 2.71. The van der Waals surface area contributed by atoms with Crippen LogP contribution in [-0.4, -0.2) is 62.9 Å². The molecule has 3 heterocycles. The van der Waals surface area contributed by atoms with Crippen molar-refractivity contribution in [3.63, 3.8) is 0 Å². The van der Waals surface area contributed by atoms with Crippen molar-refractivity contribution < 1.29 is 18.7 Å². The first-order valence-electron chi connectivity index (χ1n) is 15.3. The van der Waals surface area contributed by atoms with E-state index in [1.807, 2.05) is 42.5 Å². The molecule has 9 nitrogen and oxygen atoms in total. The molecule has 0 spiro atoms. The number of amides is 2. The van der Waals surface area contributed by atoms with E-state index in [1.54, 1.807) is 20.4 Å². The molecule has 45 heavy (non-hydrogen) atoms. The van der Waals surface area contributed by atoms with E-state index >= 15 is 0 Å². The smallest absolute Gasteiger partial charge is 0.319 e. The Bertz CT molecular complexity index is 1620. The molecule has 4 aromatic rings. The zero-order chi connectivity index (χ0) is 31.2. The standard InChI is InChI=1S/C35H39FN6O3/c1-44-32-20-26-12-14-40(24-28(26)21-33(32)45-2)23-27-5-3-4-6-31(27)39-35(43)38-22-25-11-13-37-34(19-25)42-17-15-41(16-18-42)30-9-7-29(36)8-10-30/h3-11,13,19-21H,12,14-18,22-24H2,1-2H3,(H2,38,39,43). The number of nitrogens with one attached hydrogen (secondary N) is 2. The van der Waals surface area contributed by atoms with Crippen LogP contribution in [0.1, 0.15) is 22.3 Å².